The molecule has 4 N–H and O–H groups in total. The molecule has 3 rings (SSSR count). The van der Waals surface area contributed by atoms with E-state index in [1.165, 1.54) is 42.7 Å². The second-order valence-electron chi connectivity index (χ2n) is 7.73. The SMILES string of the molecule is COc1ccc(NC(=O)[C@@H](C)CNC(=O)O)cc1NS(=O)(=O)c1ccc(-c2cc(C)cs2)cc1Cl. The number of rotatable bonds is 9. The number of hydrogen-bond donors (Lipinski definition) is 4. The highest BCUT2D eigenvalue weighted by Crippen LogP contribution is 2.34. The Hall–Kier alpha value is -3.28. The van der Waals surface area contributed by atoms with Crippen LogP contribution in [0.25, 0.3) is 10.4 Å². The summed E-state index contributed by atoms with van der Waals surface area (Å²) < 4.78 is 34.0. The molecule has 0 unspecified atom stereocenters. The standard InChI is InChI=1S/C23H24ClN3O6S2/c1-13-8-20(34-12-13)15-4-7-21(17(24)9-15)35(31,32)27-18-10-16(5-6-19(18)33-3)26-22(28)14(2)11-25-23(29)30/h4-10,12,14,25,27H,11H2,1-3H3,(H,26,28)(H,29,30)/t14-/m0/s1. The third kappa shape index (κ3) is 6.65. The molecule has 3 aromatic rings. The van der Waals surface area contributed by atoms with E-state index in [0.717, 1.165) is 16.0 Å². The van der Waals surface area contributed by atoms with Crippen LogP contribution in [0.15, 0.2) is 52.7 Å². The molecule has 2 amide bonds. The maximum absolute atomic E-state index is 13.1. The van der Waals surface area contributed by atoms with Crippen molar-refractivity contribution in [2.75, 3.05) is 23.7 Å². The number of amides is 2. The minimum atomic E-state index is -4.10. The Morgan fingerprint density at radius 1 is 1.17 bits per heavy atom. The molecule has 0 fully saturated rings. The van der Waals surface area contributed by atoms with Gasteiger partial charge in [-0.05, 0) is 59.8 Å². The number of hydrogen-bond acceptors (Lipinski definition) is 6. The van der Waals surface area contributed by atoms with Gasteiger partial charge in [-0.2, -0.15) is 0 Å². The highest BCUT2D eigenvalue weighted by Gasteiger charge is 2.22. The van der Waals surface area contributed by atoms with Gasteiger partial charge in [-0.1, -0.05) is 24.6 Å². The number of thiophene rings is 1. The van der Waals surface area contributed by atoms with Crippen molar-refractivity contribution in [3.05, 3.63) is 58.4 Å². The van der Waals surface area contributed by atoms with Crippen LogP contribution in [0.5, 0.6) is 5.75 Å². The van der Waals surface area contributed by atoms with Crippen LogP contribution in [0.3, 0.4) is 0 Å². The van der Waals surface area contributed by atoms with Crippen LogP contribution in [-0.4, -0.2) is 39.2 Å². The number of benzene rings is 2. The van der Waals surface area contributed by atoms with Crippen LogP contribution < -0.4 is 20.1 Å². The number of anilines is 2. The van der Waals surface area contributed by atoms with Crippen molar-refractivity contribution in [2.24, 2.45) is 5.92 Å². The van der Waals surface area contributed by atoms with E-state index in [2.05, 4.69) is 15.4 Å². The molecule has 0 spiro atoms. The Balaban J connectivity index is 1.83. The van der Waals surface area contributed by atoms with Gasteiger partial charge in [-0.15, -0.1) is 11.3 Å². The number of halogens is 1. The molecule has 1 atom stereocenters. The maximum Gasteiger partial charge on any atom is 0.404 e. The van der Waals surface area contributed by atoms with Crippen molar-refractivity contribution in [2.45, 2.75) is 18.7 Å². The van der Waals surface area contributed by atoms with E-state index < -0.39 is 27.9 Å². The molecule has 1 aromatic heterocycles. The fourth-order valence-electron chi connectivity index (χ4n) is 3.12. The first-order valence-electron chi connectivity index (χ1n) is 10.3. The van der Waals surface area contributed by atoms with Gasteiger partial charge in [0.05, 0.1) is 23.7 Å². The molecule has 0 bridgehead atoms. The highest BCUT2D eigenvalue weighted by atomic mass is 35.5. The molecule has 186 valence electrons. The summed E-state index contributed by atoms with van der Waals surface area (Å²) in [6.45, 7) is 3.46. The van der Waals surface area contributed by atoms with E-state index in [-0.39, 0.29) is 27.9 Å². The smallest absolute Gasteiger partial charge is 0.404 e. The minimum absolute atomic E-state index is 0.0595. The predicted molar refractivity (Wildman–Crippen MR) is 137 cm³/mol. The van der Waals surface area contributed by atoms with Crippen molar-refractivity contribution in [1.29, 1.82) is 0 Å². The Bertz CT molecular complexity index is 1360. The molecule has 2 aromatic carbocycles. The fraction of sp³-hybridized carbons (Fsp3) is 0.217. The second kappa shape index (κ2) is 11.0. The number of carboxylic acid groups (broad SMARTS) is 1. The molecule has 0 saturated heterocycles. The molecule has 1 heterocycles. The third-order valence-electron chi connectivity index (χ3n) is 4.95. The first-order chi connectivity index (χ1) is 16.5. The van der Waals surface area contributed by atoms with Gasteiger partial charge in [0, 0.05) is 17.1 Å². The van der Waals surface area contributed by atoms with E-state index in [4.69, 9.17) is 21.4 Å². The van der Waals surface area contributed by atoms with E-state index >= 15 is 0 Å². The molecule has 0 saturated carbocycles. The largest absolute Gasteiger partial charge is 0.495 e. The summed E-state index contributed by atoms with van der Waals surface area (Å²) in [4.78, 5) is 23.9. The molecular weight excluding hydrogens is 514 g/mol. The Morgan fingerprint density at radius 2 is 1.91 bits per heavy atom. The topological polar surface area (TPSA) is 134 Å². The zero-order valence-corrected chi connectivity index (χ0v) is 21.5. The summed E-state index contributed by atoms with van der Waals surface area (Å²) in [6, 6.07) is 11.2. The molecular formula is C23H24ClN3O6S2. The number of ether oxygens (including phenoxy) is 1. The molecule has 0 aliphatic rings. The van der Waals surface area contributed by atoms with Crippen LogP contribution in [0, 0.1) is 12.8 Å². The van der Waals surface area contributed by atoms with E-state index in [0.29, 0.717) is 5.69 Å². The lowest BCUT2D eigenvalue weighted by Crippen LogP contribution is -2.33. The molecule has 0 aliphatic carbocycles. The second-order valence-corrected chi connectivity index (χ2v) is 10.7. The summed E-state index contributed by atoms with van der Waals surface area (Å²) in [7, 11) is -2.71. The summed E-state index contributed by atoms with van der Waals surface area (Å²) in [5.41, 5.74) is 2.30. The average Bonchev–Trinajstić information content (AvgIpc) is 3.23. The molecule has 12 heteroatoms. The highest BCUT2D eigenvalue weighted by molar-refractivity contribution is 7.92. The first-order valence-corrected chi connectivity index (χ1v) is 13.1. The average molecular weight is 538 g/mol. The molecule has 0 radical (unpaired) electrons. The van der Waals surface area contributed by atoms with Crippen molar-refractivity contribution in [3.63, 3.8) is 0 Å². The Kier molecular flexibility index (Phi) is 8.26. The van der Waals surface area contributed by atoms with Crippen molar-refractivity contribution in [3.8, 4) is 16.2 Å². The summed E-state index contributed by atoms with van der Waals surface area (Å²) in [5.74, 6) is -0.869. The normalized spacial score (nSPS) is 12.0. The number of carbonyl (C=O) groups is 2. The lowest BCUT2D eigenvalue weighted by atomic mass is 10.1. The van der Waals surface area contributed by atoms with Gasteiger partial charge in [0.15, 0.2) is 0 Å². The molecule has 35 heavy (non-hydrogen) atoms. The Labute approximate surface area is 212 Å². The van der Waals surface area contributed by atoms with Gasteiger partial charge < -0.3 is 20.5 Å². The molecule has 0 aliphatic heterocycles. The third-order valence-corrected chi connectivity index (χ3v) is 7.90. The van der Waals surface area contributed by atoms with Crippen LogP contribution >= 0.6 is 22.9 Å². The predicted octanol–water partition coefficient (Wildman–Crippen LogP) is 5.03. The zero-order valence-electron chi connectivity index (χ0n) is 19.1. The quantitative estimate of drug-likeness (QED) is 0.302. The van der Waals surface area contributed by atoms with Crippen molar-refractivity contribution < 1.29 is 27.9 Å². The maximum atomic E-state index is 13.1. The number of carbonyl (C=O) groups excluding carboxylic acids is 1. The summed E-state index contributed by atoms with van der Waals surface area (Å²) in [6.07, 6.45) is -1.23. The molecule has 9 nitrogen and oxygen atoms in total. The van der Waals surface area contributed by atoms with E-state index in [1.807, 2.05) is 18.4 Å². The summed E-state index contributed by atoms with van der Waals surface area (Å²) in [5, 5.41) is 15.5. The lowest BCUT2D eigenvalue weighted by Gasteiger charge is -2.16. The van der Waals surface area contributed by atoms with Crippen LogP contribution in [0.1, 0.15) is 12.5 Å². The first kappa shape index (κ1) is 26.3. The van der Waals surface area contributed by atoms with Crippen LogP contribution in [-0.2, 0) is 14.8 Å². The van der Waals surface area contributed by atoms with Crippen molar-refractivity contribution >= 4 is 56.3 Å². The van der Waals surface area contributed by atoms with Gasteiger partial charge in [-0.3, -0.25) is 9.52 Å². The monoisotopic (exact) mass is 537 g/mol. The van der Waals surface area contributed by atoms with Crippen LogP contribution in [0.4, 0.5) is 16.2 Å². The number of methoxy groups -OCH3 is 1. The zero-order chi connectivity index (χ0) is 25.8. The number of sulfonamides is 1. The fourth-order valence-corrected chi connectivity index (χ4v) is 5.62. The van der Waals surface area contributed by atoms with Gasteiger partial charge in [0.1, 0.15) is 10.6 Å². The van der Waals surface area contributed by atoms with Gasteiger partial charge >= 0.3 is 6.09 Å². The minimum Gasteiger partial charge on any atom is -0.495 e. The van der Waals surface area contributed by atoms with Crippen molar-refractivity contribution in [1.82, 2.24) is 5.32 Å². The Morgan fingerprint density at radius 3 is 2.51 bits per heavy atom. The number of aryl methyl sites for hydroxylation is 1. The van der Waals surface area contributed by atoms with E-state index in [9.17, 15) is 18.0 Å². The number of nitrogens with one attached hydrogen (secondary N) is 3. The van der Waals surface area contributed by atoms with Gasteiger partial charge in [-0.25, -0.2) is 13.2 Å². The van der Waals surface area contributed by atoms with Gasteiger partial charge in [0.25, 0.3) is 10.0 Å². The van der Waals surface area contributed by atoms with Crippen LogP contribution in [0.2, 0.25) is 5.02 Å². The van der Waals surface area contributed by atoms with E-state index in [1.54, 1.807) is 19.1 Å². The van der Waals surface area contributed by atoms with Gasteiger partial charge in [0.2, 0.25) is 5.91 Å². The lowest BCUT2D eigenvalue weighted by molar-refractivity contribution is -0.119. The summed E-state index contributed by atoms with van der Waals surface area (Å²) >= 11 is 7.88.